The highest BCUT2D eigenvalue weighted by molar-refractivity contribution is 5.73. The number of benzene rings is 1. The predicted molar refractivity (Wildman–Crippen MR) is 66.4 cm³/mol. The Labute approximate surface area is 102 Å². The molecular formula is C13H19NO3. The number of carbonyl (C=O) groups is 1. The fourth-order valence-electron chi connectivity index (χ4n) is 1.51. The molecule has 1 atom stereocenters. The van der Waals surface area contributed by atoms with E-state index in [1.165, 1.54) is 0 Å². The topological polar surface area (TPSA) is 58.6 Å². The van der Waals surface area contributed by atoms with Crippen molar-refractivity contribution in [1.29, 1.82) is 0 Å². The van der Waals surface area contributed by atoms with Gasteiger partial charge in [0.05, 0.1) is 0 Å². The normalized spacial score (nSPS) is 12.1. The van der Waals surface area contributed by atoms with Gasteiger partial charge in [-0.3, -0.25) is 4.79 Å². The molecule has 0 saturated heterocycles. The van der Waals surface area contributed by atoms with E-state index in [9.17, 15) is 4.79 Å². The van der Waals surface area contributed by atoms with Crippen LogP contribution in [0.2, 0.25) is 0 Å². The number of carboxylic acids is 1. The summed E-state index contributed by atoms with van der Waals surface area (Å²) in [7, 11) is 0. The second-order valence-corrected chi connectivity index (χ2v) is 3.92. The van der Waals surface area contributed by atoms with Crippen molar-refractivity contribution in [1.82, 2.24) is 5.32 Å². The van der Waals surface area contributed by atoms with Crippen molar-refractivity contribution in [3.8, 4) is 5.75 Å². The lowest BCUT2D eigenvalue weighted by molar-refractivity contribution is -0.139. The summed E-state index contributed by atoms with van der Waals surface area (Å²) in [5.41, 5.74) is 1.15. The molecule has 17 heavy (non-hydrogen) atoms. The highest BCUT2D eigenvalue weighted by Gasteiger charge is 2.12. The average molecular weight is 237 g/mol. The molecule has 0 bridgehead atoms. The summed E-state index contributed by atoms with van der Waals surface area (Å²) < 4.78 is 5.51. The molecule has 1 rings (SSSR count). The molecule has 0 aliphatic rings. The number of nitrogens with one attached hydrogen (secondary N) is 1. The van der Waals surface area contributed by atoms with Crippen molar-refractivity contribution in [2.24, 2.45) is 0 Å². The zero-order chi connectivity index (χ0) is 12.7. The molecule has 2 N–H and O–H groups in total. The monoisotopic (exact) mass is 237 g/mol. The number of rotatable bonds is 7. The van der Waals surface area contributed by atoms with Crippen LogP contribution in [-0.2, 0) is 4.79 Å². The Balaban J connectivity index is 2.26. The maximum absolute atomic E-state index is 10.7. The first-order valence-corrected chi connectivity index (χ1v) is 5.79. The smallest absolute Gasteiger partial charge is 0.320 e. The molecule has 4 heteroatoms. The fraction of sp³-hybridized carbons (Fsp3) is 0.462. The van der Waals surface area contributed by atoms with Gasteiger partial charge in [-0.05, 0) is 31.0 Å². The Morgan fingerprint density at radius 2 is 2.29 bits per heavy atom. The molecule has 94 valence electrons. The molecule has 0 aliphatic heterocycles. The first kappa shape index (κ1) is 13.5. The van der Waals surface area contributed by atoms with Gasteiger partial charge in [0.2, 0.25) is 0 Å². The van der Waals surface area contributed by atoms with Crippen LogP contribution in [-0.4, -0.2) is 30.3 Å². The Morgan fingerprint density at radius 3 is 2.88 bits per heavy atom. The molecule has 1 aromatic carbocycles. The van der Waals surface area contributed by atoms with Gasteiger partial charge in [-0.25, -0.2) is 0 Å². The third-order valence-corrected chi connectivity index (χ3v) is 2.46. The zero-order valence-electron chi connectivity index (χ0n) is 10.3. The minimum atomic E-state index is -0.817. The van der Waals surface area contributed by atoms with Crippen LogP contribution in [0.5, 0.6) is 5.75 Å². The van der Waals surface area contributed by atoms with Gasteiger partial charge < -0.3 is 15.2 Å². The third kappa shape index (κ3) is 4.87. The molecule has 0 heterocycles. The van der Waals surface area contributed by atoms with Crippen LogP contribution in [0, 0.1) is 6.92 Å². The van der Waals surface area contributed by atoms with Crippen LogP contribution in [0.1, 0.15) is 18.9 Å². The first-order chi connectivity index (χ1) is 8.13. The van der Waals surface area contributed by atoms with Crippen LogP contribution >= 0.6 is 0 Å². The fourth-order valence-corrected chi connectivity index (χ4v) is 1.51. The van der Waals surface area contributed by atoms with Gasteiger partial charge >= 0.3 is 5.97 Å². The quantitative estimate of drug-likeness (QED) is 0.710. The number of carboxylic acid groups (broad SMARTS) is 1. The SMILES string of the molecule is CCC(NCCOc1cccc(C)c1)C(=O)O. The van der Waals surface area contributed by atoms with E-state index in [0.29, 0.717) is 19.6 Å². The molecule has 4 nitrogen and oxygen atoms in total. The number of ether oxygens (including phenoxy) is 1. The second-order valence-electron chi connectivity index (χ2n) is 3.92. The van der Waals surface area contributed by atoms with Crippen molar-refractivity contribution in [3.63, 3.8) is 0 Å². The van der Waals surface area contributed by atoms with Crippen molar-refractivity contribution in [2.45, 2.75) is 26.3 Å². The molecule has 0 amide bonds. The summed E-state index contributed by atoms with van der Waals surface area (Å²) in [6.07, 6.45) is 0.569. The molecule has 0 aromatic heterocycles. The van der Waals surface area contributed by atoms with Crippen LogP contribution < -0.4 is 10.1 Å². The summed E-state index contributed by atoms with van der Waals surface area (Å²) >= 11 is 0. The minimum absolute atomic E-state index is 0.466. The van der Waals surface area contributed by atoms with Gasteiger partial charge in [0.25, 0.3) is 0 Å². The summed E-state index contributed by atoms with van der Waals surface area (Å²) in [4.78, 5) is 10.7. The van der Waals surface area contributed by atoms with E-state index in [1.54, 1.807) is 0 Å². The summed E-state index contributed by atoms with van der Waals surface area (Å²) in [6.45, 7) is 4.84. The van der Waals surface area contributed by atoms with Gasteiger partial charge in [-0.15, -0.1) is 0 Å². The van der Waals surface area contributed by atoms with Crippen LogP contribution in [0.4, 0.5) is 0 Å². The molecule has 0 saturated carbocycles. The van der Waals surface area contributed by atoms with Crippen molar-refractivity contribution in [3.05, 3.63) is 29.8 Å². The lowest BCUT2D eigenvalue weighted by atomic mass is 10.2. The average Bonchev–Trinajstić information content (AvgIpc) is 2.28. The lowest BCUT2D eigenvalue weighted by Crippen LogP contribution is -2.38. The van der Waals surface area contributed by atoms with E-state index in [-0.39, 0.29) is 0 Å². The Kier molecular flexibility index (Phi) is 5.49. The third-order valence-electron chi connectivity index (χ3n) is 2.46. The molecule has 0 fully saturated rings. The van der Waals surface area contributed by atoms with Gasteiger partial charge in [0.15, 0.2) is 0 Å². The number of aryl methyl sites for hydroxylation is 1. The number of hydrogen-bond donors (Lipinski definition) is 2. The number of hydrogen-bond acceptors (Lipinski definition) is 3. The predicted octanol–water partition coefficient (Wildman–Crippen LogP) is 1.83. The van der Waals surface area contributed by atoms with Gasteiger partial charge in [-0.1, -0.05) is 19.1 Å². The Hall–Kier alpha value is -1.55. The van der Waals surface area contributed by atoms with Crippen molar-refractivity contribution < 1.29 is 14.6 Å². The highest BCUT2D eigenvalue weighted by Crippen LogP contribution is 2.11. The van der Waals surface area contributed by atoms with E-state index in [1.807, 2.05) is 38.1 Å². The van der Waals surface area contributed by atoms with Crippen LogP contribution in [0.3, 0.4) is 0 Å². The largest absolute Gasteiger partial charge is 0.492 e. The first-order valence-electron chi connectivity index (χ1n) is 5.79. The molecule has 1 unspecified atom stereocenters. The Bertz CT molecular complexity index is 365. The zero-order valence-corrected chi connectivity index (χ0v) is 10.3. The van der Waals surface area contributed by atoms with Gasteiger partial charge in [-0.2, -0.15) is 0 Å². The molecule has 1 aromatic rings. The molecule has 0 spiro atoms. The van der Waals surface area contributed by atoms with Crippen LogP contribution in [0.25, 0.3) is 0 Å². The highest BCUT2D eigenvalue weighted by atomic mass is 16.5. The lowest BCUT2D eigenvalue weighted by Gasteiger charge is -2.12. The van der Waals surface area contributed by atoms with Gasteiger partial charge in [0.1, 0.15) is 18.4 Å². The van der Waals surface area contributed by atoms with Crippen LogP contribution in [0.15, 0.2) is 24.3 Å². The minimum Gasteiger partial charge on any atom is -0.492 e. The van der Waals surface area contributed by atoms with E-state index >= 15 is 0 Å². The van der Waals surface area contributed by atoms with Crippen molar-refractivity contribution >= 4 is 5.97 Å². The maximum atomic E-state index is 10.7. The maximum Gasteiger partial charge on any atom is 0.320 e. The van der Waals surface area contributed by atoms with Gasteiger partial charge in [0, 0.05) is 6.54 Å². The Morgan fingerprint density at radius 1 is 1.53 bits per heavy atom. The summed E-state index contributed by atoms with van der Waals surface area (Å²) in [5.74, 6) is -0.00164. The molecular weight excluding hydrogens is 218 g/mol. The van der Waals surface area contributed by atoms with Crippen molar-refractivity contribution in [2.75, 3.05) is 13.2 Å². The van der Waals surface area contributed by atoms with E-state index < -0.39 is 12.0 Å². The van der Waals surface area contributed by atoms with E-state index in [0.717, 1.165) is 11.3 Å². The van der Waals surface area contributed by atoms with E-state index in [2.05, 4.69) is 5.32 Å². The van der Waals surface area contributed by atoms with E-state index in [4.69, 9.17) is 9.84 Å². The number of aliphatic carboxylic acids is 1. The summed E-state index contributed by atoms with van der Waals surface area (Å²) in [6, 6.07) is 7.29. The standard InChI is InChI=1S/C13H19NO3/c1-3-12(13(15)16)14-7-8-17-11-6-4-5-10(2)9-11/h4-6,9,12,14H,3,7-8H2,1-2H3,(H,15,16). The molecule has 0 radical (unpaired) electrons. The molecule has 0 aliphatic carbocycles. The second kappa shape index (κ2) is 6.91. The summed E-state index contributed by atoms with van der Waals surface area (Å²) in [5, 5.41) is 11.8.